The maximum absolute atomic E-state index is 15.0. The second-order valence-corrected chi connectivity index (χ2v) is 11.2. The maximum atomic E-state index is 15.0. The summed E-state index contributed by atoms with van der Waals surface area (Å²) in [5, 5.41) is 2.08. The first kappa shape index (κ1) is 27.0. The zero-order chi connectivity index (χ0) is 26.3. The Labute approximate surface area is 197 Å². The monoisotopic (exact) mass is 545 g/mol. The van der Waals surface area contributed by atoms with E-state index in [0.717, 1.165) is 24.7 Å². The number of sulfonamides is 1. The van der Waals surface area contributed by atoms with Gasteiger partial charge in [0.25, 0.3) is 22.0 Å². The molecule has 1 unspecified atom stereocenters. The van der Waals surface area contributed by atoms with E-state index in [-0.39, 0.29) is 5.69 Å². The van der Waals surface area contributed by atoms with Crippen molar-refractivity contribution in [3.8, 4) is 0 Å². The summed E-state index contributed by atoms with van der Waals surface area (Å²) < 4.78 is 124. The lowest BCUT2D eigenvalue weighted by Crippen LogP contribution is -2.60. The standard InChI is InChI=1S/C18H20F5N5O5S2/c1-24-35(32,33)28-6-5-14(18(22,23)9-28)26-34(30,31)13-8-27(2)16(15(13)21)17(29)25-10-3-4-11(19)12(20)7-10/h3-4,7-8,14,24,26H,5-6,9H2,1-2H3,(H,25,29). The van der Waals surface area contributed by atoms with Crippen LogP contribution < -0.4 is 14.8 Å². The van der Waals surface area contributed by atoms with E-state index in [0.29, 0.717) is 22.6 Å². The Morgan fingerprint density at radius 3 is 2.34 bits per heavy atom. The molecule has 1 amide bonds. The number of benzene rings is 1. The molecule has 17 heteroatoms. The molecule has 0 saturated carbocycles. The number of anilines is 1. The molecule has 35 heavy (non-hydrogen) atoms. The SMILES string of the molecule is CNS(=O)(=O)N1CCC(NS(=O)(=O)c2cn(C)c(C(=O)Nc3ccc(F)c(F)c3)c2F)C(F)(F)C1. The van der Waals surface area contributed by atoms with Gasteiger partial charge in [0.05, 0.1) is 12.6 Å². The molecule has 1 aliphatic rings. The number of alkyl halides is 2. The molecule has 194 valence electrons. The van der Waals surface area contributed by atoms with Crippen LogP contribution in [0.1, 0.15) is 16.9 Å². The van der Waals surface area contributed by atoms with Gasteiger partial charge >= 0.3 is 0 Å². The van der Waals surface area contributed by atoms with E-state index < -0.39 is 85.7 Å². The number of halogens is 5. The van der Waals surface area contributed by atoms with Gasteiger partial charge in [0.2, 0.25) is 10.0 Å². The first-order valence-electron chi connectivity index (χ1n) is 9.79. The highest BCUT2D eigenvalue weighted by atomic mass is 32.2. The second-order valence-electron chi connectivity index (χ2n) is 7.62. The Morgan fingerprint density at radius 2 is 1.77 bits per heavy atom. The summed E-state index contributed by atoms with van der Waals surface area (Å²) >= 11 is 0. The first-order chi connectivity index (χ1) is 16.1. The van der Waals surface area contributed by atoms with Crippen LogP contribution in [-0.2, 0) is 27.3 Å². The second kappa shape index (κ2) is 9.45. The molecule has 0 spiro atoms. The first-order valence-corrected chi connectivity index (χ1v) is 12.7. The van der Waals surface area contributed by atoms with Crippen LogP contribution in [-0.4, -0.2) is 63.7 Å². The smallest absolute Gasteiger partial charge is 0.279 e. The van der Waals surface area contributed by atoms with Crippen LogP contribution in [0.3, 0.4) is 0 Å². The number of hydrogen-bond donors (Lipinski definition) is 3. The number of rotatable bonds is 7. The van der Waals surface area contributed by atoms with Crippen LogP contribution in [0.15, 0.2) is 29.3 Å². The average molecular weight is 546 g/mol. The maximum Gasteiger partial charge on any atom is 0.279 e. The molecule has 2 heterocycles. The highest BCUT2D eigenvalue weighted by Crippen LogP contribution is 2.31. The molecule has 1 aromatic carbocycles. The largest absolute Gasteiger partial charge is 0.343 e. The topological polar surface area (TPSA) is 130 Å². The molecule has 1 saturated heterocycles. The quantitative estimate of drug-likeness (QED) is 0.450. The average Bonchev–Trinajstić information content (AvgIpc) is 3.06. The predicted octanol–water partition coefficient (Wildman–Crippen LogP) is 1.15. The van der Waals surface area contributed by atoms with Crippen LogP contribution in [0, 0.1) is 17.5 Å². The molecule has 1 aromatic heterocycles. The van der Waals surface area contributed by atoms with Crippen molar-refractivity contribution >= 4 is 31.8 Å². The molecule has 3 rings (SSSR count). The zero-order valence-corrected chi connectivity index (χ0v) is 19.8. The van der Waals surface area contributed by atoms with E-state index in [2.05, 4.69) is 5.32 Å². The van der Waals surface area contributed by atoms with Gasteiger partial charge in [-0.15, -0.1) is 0 Å². The van der Waals surface area contributed by atoms with E-state index in [9.17, 15) is 43.6 Å². The third kappa shape index (κ3) is 5.48. The number of aryl methyl sites for hydroxylation is 1. The van der Waals surface area contributed by atoms with Gasteiger partial charge in [-0.05, 0) is 18.6 Å². The minimum atomic E-state index is -4.94. The van der Waals surface area contributed by atoms with Gasteiger partial charge in [0.15, 0.2) is 17.5 Å². The van der Waals surface area contributed by atoms with Gasteiger partial charge in [-0.1, -0.05) is 0 Å². The Balaban J connectivity index is 1.83. The minimum absolute atomic E-state index is 0.250. The molecule has 0 aliphatic carbocycles. The van der Waals surface area contributed by atoms with Crippen molar-refractivity contribution in [1.29, 1.82) is 0 Å². The molecule has 0 bridgehead atoms. The highest BCUT2D eigenvalue weighted by molar-refractivity contribution is 7.89. The molecule has 10 nitrogen and oxygen atoms in total. The summed E-state index contributed by atoms with van der Waals surface area (Å²) in [4.78, 5) is 11.3. The van der Waals surface area contributed by atoms with E-state index in [4.69, 9.17) is 0 Å². The molecule has 1 atom stereocenters. The summed E-state index contributed by atoms with van der Waals surface area (Å²) in [6, 6.07) is 0.254. The van der Waals surface area contributed by atoms with Crippen molar-refractivity contribution in [2.75, 3.05) is 25.5 Å². The molecule has 1 aliphatic heterocycles. The summed E-state index contributed by atoms with van der Waals surface area (Å²) in [5.74, 6) is -9.12. The third-order valence-corrected chi connectivity index (χ3v) is 8.20. The van der Waals surface area contributed by atoms with Crippen LogP contribution in [0.25, 0.3) is 0 Å². The number of nitrogens with one attached hydrogen (secondary N) is 3. The van der Waals surface area contributed by atoms with Crippen molar-refractivity contribution in [2.45, 2.75) is 23.3 Å². The van der Waals surface area contributed by atoms with E-state index >= 15 is 0 Å². The highest BCUT2D eigenvalue weighted by Gasteiger charge is 2.49. The Morgan fingerprint density at radius 1 is 1.11 bits per heavy atom. The van der Waals surface area contributed by atoms with Gasteiger partial charge in [-0.2, -0.15) is 12.7 Å². The number of hydrogen-bond acceptors (Lipinski definition) is 5. The molecular weight excluding hydrogens is 525 g/mol. The van der Waals surface area contributed by atoms with Gasteiger partial charge < -0.3 is 9.88 Å². The summed E-state index contributed by atoms with van der Waals surface area (Å²) in [6.45, 7) is -1.76. The lowest BCUT2D eigenvalue weighted by atomic mass is 10.0. The molecule has 1 fully saturated rings. The number of nitrogens with zero attached hydrogens (tertiary/aromatic N) is 2. The molecule has 3 N–H and O–H groups in total. The number of piperidine rings is 1. The Bertz CT molecular complexity index is 1360. The van der Waals surface area contributed by atoms with Gasteiger partial charge in [-0.3, -0.25) is 4.79 Å². The van der Waals surface area contributed by atoms with E-state index in [1.54, 1.807) is 4.72 Å². The minimum Gasteiger partial charge on any atom is -0.343 e. The third-order valence-electron chi connectivity index (χ3n) is 5.23. The summed E-state index contributed by atoms with van der Waals surface area (Å²) in [7, 11) is -6.99. The predicted molar refractivity (Wildman–Crippen MR) is 113 cm³/mol. The molecule has 2 aromatic rings. The van der Waals surface area contributed by atoms with Crippen LogP contribution in [0.5, 0.6) is 0 Å². The molecular formula is C18H20F5N5O5S2. The molecule has 0 radical (unpaired) electrons. The Kier molecular flexibility index (Phi) is 7.29. The van der Waals surface area contributed by atoms with Gasteiger partial charge in [0, 0.05) is 38.6 Å². The van der Waals surface area contributed by atoms with Crippen molar-refractivity contribution < 1.29 is 43.6 Å². The van der Waals surface area contributed by atoms with Crippen molar-refractivity contribution in [3.63, 3.8) is 0 Å². The number of carbonyl (C=O) groups is 1. The summed E-state index contributed by atoms with van der Waals surface area (Å²) in [5.41, 5.74) is -1.07. The van der Waals surface area contributed by atoms with E-state index in [1.807, 2.05) is 4.72 Å². The van der Waals surface area contributed by atoms with Crippen molar-refractivity contribution in [3.05, 3.63) is 47.5 Å². The van der Waals surface area contributed by atoms with Crippen molar-refractivity contribution in [1.82, 2.24) is 18.3 Å². The fourth-order valence-corrected chi connectivity index (χ4v) is 5.79. The van der Waals surface area contributed by atoms with Crippen molar-refractivity contribution in [2.24, 2.45) is 7.05 Å². The Hall–Kier alpha value is -2.60. The normalized spacial score (nSPS) is 19.0. The number of aromatic nitrogens is 1. The number of carbonyl (C=O) groups excluding carboxylic acids is 1. The van der Waals surface area contributed by atoms with Crippen LogP contribution in [0.4, 0.5) is 27.6 Å². The van der Waals surface area contributed by atoms with Gasteiger partial charge in [0.1, 0.15) is 10.6 Å². The van der Waals surface area contributed by atoms with Crippen LogP contribution in [0.2, 0.25) is 0 Å². The lowest BCUT2D eigenvalue weighted by molar-refractivity contribution is -0.0656. The van der Waals surface area contributed by atoms with Crippen LogP contribution >= 0.6 is 0 Å². The number of amides is 1. The zero-order valence-electron chi connectivity index (χ0n) is 18.2. The fourth-order valence-electron chi connectivity index (χ4n) is 3.42. The van der Waals surface area contributed by atoms with E-state index in [1.165, 1.54) is 0 Å². The van der Waals surface area contributed by atoms with Gasteiger partial charge in [-0.25, -0.2) is 39.8 Å². The summed E-state index contributed by atoms with van der Waals surface area (Å²) in [6.07, 6.45) is 0.0572. The lowest BCUT2D eigenvalue weighted by Gasteiger charge is -2.37. The fraction of sp³-hybridized carbons (Fsp3) is 0.389.